The van der Waals surface area contributed by atoms with E-state index in [0.717, 1.165) is 5.56 Å². The van der Waals surface area contributed by atoms with Gasteiger partial charge < -0.3 is 5.11 Å². The Kier molecular flexibility index (Phi) is 4.32. The summed E-state index contributed by atoms with van der Waals surface area (Å²) in [5.41, 5.74) is 0.916. The maximum atomic E-state index is 12.1. The van der Waals surface area contributed by atoms with Gasteiger partial charge in [-0.25, -0.2) is 0 Å². The molecule has 1 N–H and O–H groups in total. The number of nitrogens with zero attached hydrogens (tertiary/aromatic N) is 1. The van der Waals surface area contributed by atoms with E-state index in [1.807, 2.05) is 30.3 Å². The minimum atomic E-state index is -4.55. The number of aliphatic hydroxyl groups excluding tert-OH is 1. The highest BCUT2D eigenvalue weighted by molar-refractivity contribution is 5.14. The van der Waals surface area contributed by atoms with Gasteiger partial charge in [0.1, 0.15) is 0 Å². The Morgan fingerprint density at radius 2 is 1.81 bits per heavy atom. The summed E-state index contributed by atoms with van der Waals surface area (Å²) < 4.78 is 36.2. The van der Waals surface area contributed by atoms with Gasteiger partial charge in [0.2, 0.25) is 0 Å². The van der Waals surface area contributed by atoms with Crippen LogP contribution in [0.5, 0.6) is 0 Å². The fourth-order valence-electron chi connectivity index (χ4n) is 1.36. The first-order valence-electron chi connectivity index (χ1n) is 4.87. The molecule has 0 radical (unpaired) electrons. The van der Waals surface area contributed by atoms with Gasteiger partial charge in [-0.05, 0) is 12.6 Å². The van der Waals surface area contributed by atoms with E-state index in [9.17, 15) is 13.2 Å². The second kappa shape index (κ2) is 5.32. The predicted octanol–water partition coefficient (Wildman–Crippen LogP) is 2.04. The van der Waals surface area contributed by atoms with Crippen LogP contribution in [0.2, 0.25) is 0 Å². The topological polar surface area (TPSA) is 23.5 Å². The smallest absolute Gasteiger partial charge is 0.382 e. The molecule has 0 aliphatic heterocycles. The average Bonchev–Trinajstić information content (AvgIpc) is 2.17. The first-order valence-corrected chi connectivity index (χ1v) is 4.87. The van der Waals surface area contributed by atoms with Crippen molar-refractivity contribution in [1.82, 2.24) is 4.90 Å². The van der Waals surface area contributed by atoms with Crippen LogP contribution in [0, 0.1) is 0 Å². The lowest BCUT2D eigenvalue weighted by atomic mass is 10.2. The van der Waals surface area contributed by atoms with Crippen LogP contribution < -0.4 is 0 Å². The SMILES string of the molecule is CN(Cc1ccccc1)CC(O)C(F)(F)F. The zero-order valence-corrected chi connectivity index (χ0v) is 8.91. The van der Waals surface area contributed by atoms with Crippen molar-refractivity contribution in [1.29, 1.82) is 0 Å². The largest absolute Gasteiger partial charge is 0.415 e. The van der Waals surface area contributed by atoms with Crippen LogP contribution in [-0.4, -0.2) is 35.9 Å². The highest BCUT2D eigenvalue weighted by Crippen LogP contribution is 2.20. The van der Waals surface area contributed by atoms with E-state index < -0.39 is 18.8 Å². The molecule has 90 valence electrons. The van der Waals surface area contributed by atoms with Gasteiger partial charge in [-0.1, -0.05) is 30.3 Å². The second-order valence-corrected chi connectivity index (χ2v) is 3.74. The van der Waals surface area contributed by atoms with Gasteiger partial charge in [-0.2, -0.15) is 13.2 Å². The molecule has 1 unspecified atom stereocenters. The highest BCUT2D eigenvalue weighted by Gasteiger charge is 2.38. The Balaban J connectivity index is 2.45. The molecule has 0 spiro atoms. The average molecular weight is 233 g/mol. The van der Waals surface area contributed by atoms with E-state index in [0.29, 0.717) is 6.54 Å². The van der Waals surface area contributed by atoms with E-state index >= 15 is 0 Å². The molecule has 0 amide bonds. The fourth-order valence-corrected chi connectivity index (χ4v) is 1.36. The maximum Gasteiger partial charge on any atom is 0.415 e. The Hall–Kier alpha value is -1.07. The zero-order chi connectivity index (χ0) is 12.2. The van der Waals surface area contributed by atoms with E-state index in [-0.39, 0.29) is 0 Å². The minimum absolute atomic E-state index is 0.383. The number of likely N-dealkylation sites (N-methyl/N-ethyl adjacent to an activating group) is 1. The lowest BCUT2D eigenvalue weighted by Crippen LogP contribution is -2.39. The second-order valence-electron chi connectivity index (χ2n) is 3.74. The van der Waals surface area contributed by atoms with Crippen molar-refractivity contribution in [3.63, 3.8) is 0 Å². The van der Waals surface area contributed by atoms with E-state index in [4.69, 9.17) is 5.11 Å². The summed E-state index contributed by atoms with van der Waals surface area (Å²) in [7, 11) is 1.54. The quantitative estimate of drug-likeness (QED) is 0.860. The minimum Gasteiger partial charge on any atom is -0.382 e. The lowest BCUT2D eigenvalue weighted by Gasteiger charge is -2.22. The van der Waals surface area contributed by atoms with Gasteiger partial charge in [-0.15, -0.1) is 0 Å². The summed E-state index contributed by atoms with van der Waals surface area (Å²) in [5, 5.41) is 8.87. The molecule has 1 aromatic rings. The molecule has 0 bridgehead atoms. The Labute approximate surface area is 92.3 Å². The monoisotopic (exact) mass is 233 g/mol. The molecular weight excluding hydrogens is 219 g/mol. The van der Waals surface area contributed by atoms with E-state index in [1.54, 1.807) is 7.05 Å². The predicted molar refractivity (Wildman–Crippen MR) is 54.8 cm³/mol. The summed E-state index contributed by atoms with van der Waals surface area (Å²) in [6, 6.07) is 9.15. The van der Waals surface area contributed by atoms with Gasteiger partial charge in [0.05, 0.1) is 0 Å². The molecule has 0 saturated heterocycles. The maximum absolute atomic E-state index is 12.1. The number of halogens is 3. The molecule has 0 fully saturated rings. The van der Waals surface area contributed by atoms with Crippen LogP contribution in [-0.2, 0) is 6.54 Å². The summed E-state index contributed by atoms with van der Waals surface area (Å²) in [6.45, 7) is -0.0353. The first-order chi connectivity index (χ1) is 7.39. The van der Waals surface area contributed by atoms with Crippen LogP contribution in [0.4, 0.5) is 13.2 Å². The molecule has 0 aromatic heterocycles. The standard InChI is InChI=1S/C11H14F3NO/c1-15(8-10(16)11(12,13)14)7-9-5-3-2-4-6-9/h2-6,10,16H,7-8H2,1H3. The van der Waals surface area contributed by atoms with Crippen LogP contribution in [0.15, 0.2) is 30.3 Å². The Morgan fingerprint density at radius 3 is 2.31 bits per heavy atom. The number of alkyl halides is 3. The summed E-state index contributed by atoms with van der Waals surface area (Å²) >= 11 is 0. The van der Waals surface area contributed by atoms with Crippen LogP contribution in [0.1, 0.15) is 5.56 Å². The summed E-state index contributed by atoms with van der Waals surface area (Å²) in [5.74, 6) is 0. The molecule has 0 aliphatic rings. The van der Waals surface area contributed by atoms with Crippen molar-refractivity contribution >= 4 is 0 Å². The van der Waals surface area contributed by atoms with Crippen molar-refractivity contribution in [2.75, 3.05) is 13.6 Å². The van der Waals surface area contributed by atoms with Crippen molar-refractivity contribution in [2.45, 2.75) is 18.8 Å². The highest BCUT2D eigenvalue weighted by atomic mass is 19.4. The number of aliphatic hydroxyl groups is 1. The van der Waals surface area contributed by atoms with Crippen LogP contribution in [0.3, 0.4) is 0 Å². The van der Waals surface area contributed by atoms with Crippen LogP contribution >= 0.6 is 0 Å². The number of hydrogen-bond donors (Lipinski definition) is 1. The van der Waals surface area contributed by atoms with Crippen molar-refractivity contribution < 1.29 is 18.3 Å². The third kappa shape index (κ3) is 4.20. The fraction of sp³-hybridized carbons (Fsp3) is 0.455. The van der Waals surface area contributed by atoms with Crippen LogP contribution in [0.25, 0.3) is 0 Å². The molecule has 0 heterocycles. The van der Waals surface area contributed by atoms with Gasteiger partial charge in [0.25, 0.3) is 0 Å². The van der Waals surface area contributed by atoms with Gasteiger partial charge in [0.15, 0.2) is 6.10 Å². The molecule has 2 nitrogen and oxygen atoms in total. The number of benzene rings is 1. The third-order valence-electron chi connectivity index (χ3n) is 2.16. The third-order valence-corrected chi connectivity index (χ3v) is 2.16. The van der Waals surface area contributed by atoms with Gasteiger partial charge in [0, 0.05) is 13.1 Å². The molecular formula is C11H14F3NO. The molecule has 1 aromatic carbocycles. The molecule has 5 heteroatoms. The Morgan fingerprint density at radius 1 is 1.25 bits per heavy atom. The summed E-state index contributed by atoms with van der Waals surface area (Å²) in [4.78, 5) is 1.44. The Bertz CT molecular complexity index is 313. The van der Waals surface area contributed by atoms with Crippen molar-refractivity contribution in [3.8, 4) is 0 Å². The first kappa shape index (κ1) is 13.0. The molecule has 1 atom stereocenters. The van der Waals surface area contributed by atoms with E-state index in [1.165, 1.54) is 4.90 Å². The summed E-state index contributed by atoms with van der Waals surface area (Å²) in [6.07, 6.45) is -6.84. The van der Waals surface area contributed by atoms with E-state index in [2.05, 4.69) is 0 Å². The number of rotatable bonds is 4. The molecule has 0 aliphatic carbocycles. The molecule has 16 heavy (non-hydrogen) atoms. The van der Waals surface area contributed by atoms with Gasteiger partial charge >= 0.3 is 6.18 Å². The number of hydrogen-bond acceptors (Lipinski definition) is 2. The normalized spacial score (nSPS) is 14.1. The zero-order valence-electron chi connectivity index (χ0n) is 8.91. The van der Waals surface area contributed by atoms with Crippen molar-refractivity contribution in [3.05, 3.63) is 35.9 Å². The molecule has 1 rings (SSSR count). The lowest BCUT2D eigenvalue weighted by molar-refractivity contribution is -0.207. The van der Waals surface area contributed by atoms with Crippen molar-refractivity contribution in [2.24, 2.45) is 0 Å². The molecule has 0 saturated carbocycles. The van der Waals surface area contributed by atoms with Gasteiger partial charge in [-0.3, -0.25) is 4.90 Å².